The Hall–Kier alpha value is -4.19. The maximum Gasteiger partial charge on any atom is 0.255 e. The molecule has 1 aliphatic heterocycles. The fourth-order valence-electron chi connectivity index (χ4n) is 4.71. The Labute approximate surface area is 320 Å². The predicted molar refractivity (Wildman–Crippen MR) is 233 cm³/mol. The maximum absolute atomic E-state index is 13.4. The van der Waals surface area contributed by atoms with Crippen LogP contribution in [0.5, 0.6) is 0 Å². The van der Waals surface area contributed by atoms with E-state index in [1.165, 1.54) is 25.5 Å². The van der Waals surface area contributed by atoms with Gasteiger partial charge in [0.2, 0.25) is 0 Å². The highest BCUT2D eigenvalue weighted by molar-refractivity contribution is 6.07. The van der Waals surface area contributed by atoms with Gasteiger partial charge in [0.15, 0.2) is 0 Å². The number of hydrogen-bond donors (Lipinski definition) is 3. The van der Waals surface area contributed by atoms with Crippen LogP contribution in [0.4, 0.5) is 5.69 Å². The normalized spacial score (nSPS) is 13.6. The minimum Gasteiger partial charge on any atom is -0.383 e. The molecule has 0 saturated carbocycles. The van der Waals surface area contributed by atoms with Crippen LogP contribution >= 0.6 is 0 Å². The summed E-state index contributed by atoms with van der Waals surface area (Å²) in [6.07, 6.45) is 20.0. The van der Waals surface area contributed by atoms with Gasteiger partial charge >= 0.3 is 0 Å². The molecule has 0 unspecified atom stereocenters. The molecule has 1 heterocycles. The number of amides is 2. The van der Waals surface area contributed by atoms with Crippen molar-refractivity contribution in [2.75, 3.05) is 18.4 Å². The van der Waals surface area contributed by atoms with Gasteiger partial charge in [0, 0.05) is 47.9 Å². The van der Waals surface area contributed by atoms with Crippen LogP contribution in [0.2, 0.25) is 0 Å². The zero-order chi connectivity index (χ0) is 40.6. The van der Waals surface area contributed by atoms with Crippen LogP contribution in [-0.4, -0.2) is 42.1 Å². The second-order valence-corrected chi connectivity index (χ2v) is 12.7. The first-order valence-corrected chi connectivity index (χ1v) is 19.5. The predicted octanol–water partition coefficient (Wildman–Crippen LogP) is 12.7. The summed E-state index contributed by atoms with van der Waals surface area (Å²) < 4.78 is 0. The average Bonchev–Trinajstić information content (AvgIpc) is 3.12. The van der Waals surface area contributed by atoms with Crippen LogP contribution in [0.15, 0.2) is 102 Å². The molecule has 1 fully saturated rings. The summed E-state index contributed by atoms with van der Waals surface area (Å²) in [5.41, 5.74) is 6.36. The Balaban J connectivity index is -0.00000194. The van der Waals surface area contributed by atoms with Crippen LogP contribution in [0.25, 0.3) is 0 Å². The number of rotatable bonds is 12. The number of allylic oxidation sites excluding steroid dienone is 9. The monoisotopic (exact) mass is 717 g/mol. The van der Waals surface area contributed by atoms with E-state index >= 15 is 0 Å². The first-order valence-electron chi connectivity index (χ1n) is 19.5. The quantitative estimate of drug-likeness (QED) is 0.114. The van der Waals surface area contributed by atoms with Gasteiger partial charge in [0.1, 0.15) is 0 Å². The number of nitrogens with zero attached hydrogens (tertiary/aromatic N) is 1. The number of benzene rings is 1. The largest absolute Gasteiger partial charge is 0.383 e. The van der Waals surface area contributed by atoms with Gasteiger partial charge in [-0.15, -0.1) is 0 Å². The molecule has 52 heavy (non-hydrogen) atoms. The summed E-state index contributed by atoms with van der Waals surface area (Å²) in [5.74, 6) is 0.0381. The van der Waals surface area contributed by atoms with Crippen LogP contribution in [0.3, 0.4) is 0 Å². The highest BCUT2D eigenvalue weighted by Gasteiger charge is 2.25. The smallest absolute Gasteiger partial charge is 0.255 e. The highest BCUT2D eigenvalue weighted by atomic mass is 16.2. The van der Waals surface area contributed by atoms with Crippen molar-refractivity contribution < 1.29 is 9.59 Å². The molecule has 1 aromatic carbocycles. The number of carbonyl (C=O) groups is 2. The number of nitrogens with one attached hydrogen (secondary N) is 3. The first-order chi connectivity index (χ1) is 24.8. The van der Waals surface area contributed by atoms with Gasteiger partial charge in [0.05, 0.1) is 0 Å². The Bertz CT molecular complexity index is 1350. The van der Waals surface area contributed by atoms with E-state index in [9.17, 15) is 9.59 Å². The van der Waals surface area contributed by atoms with Gasteiger partial charge in [-0.1, -0.05) is 124 Å². The minimum atomic E-state index is -0.246. The molecule has 1 aliphatic rings. The van der Waals surface area contributed by atoms with Crippen molar-refractivity contribution in [3.05, 3.63) is 113 Å². The van der Waals surface area contributed by atoms with Gasteiger partial charge in [0.25, 0.3) is 11.8 Å². The number of hydrogen-bond acceptors (Lipinski definition) is 4. The van der Waals surface area contributed by atoms with E-state index < -0.39 is 0 Å². The molecule has 2 amide bonds. The fourth-order valence-corrected chi connectivity index (χ4v) is 4.71. The van der Waals surface area contributed by atoms with Crippen molar-refractivity contribution in [2.24, 2.45) is 5.92 Å². The summed E-state index contributed by atoms with van der Waals surface area (Å²) in [6, 6.07) is 5.71. The van der Waals surface area contributed by atoms with Gasteiger partial charge in [-0.25, -0.2) is 0 Å². The van der Waals surface area contributed by atoms with Gasteiger partial charge in [-0.05, 0) is 107 Å². The van der Waals surface area contributed by atoms with Crippen molar-refractivity contribution in [1.82, 2.24) is 10.2 Å². The van der Waals surface area contributed by atoms with E-state index in [-0.39, 0.29) is 17.9 Å². The molecule has 1 aromatic rings. The number of piperidine rings is 1. The van der Waals surface area contributed by atoms with Gasteiger partial charge < -0.3 is 20.9 Å². The molecule has 0 bridgehead atoms. The molecular weight excluding hydrogens is 641 g/mol. The summed E-state index contributed by atoms with van der Waals surface area (Å²) in [5, 5.41) is 13.7. The van der Waals surface area contributed by atoms with E-state index in [0.717, 1.165) is 40.8 Å². The zero-order valence-corrected chi connectivity index (χ0v) is 35.6. The van der Waals surface area contributed by atoms with Crippen LogP contribution < -0.4 is 10.6 Å². The molecule has 0 radical (unpaired) electrons. The van der Waals surface area contributed by atoms with Crippen molar-refractivity contribution in [1.29, 1.82) is 5.41 Å². The molecular formula is C46H76N4O2. The lowest BCUT2D eigenvalue weighted by atomic mass is 9.88. The summed E-state index contributed by atoms with van der Waals surface area (Å²) in [7, 11) is 0. The third-order valence-corrected chi connectivity index (χ3v) is 7.18. The average molecular weight is 717 g/mol. The Kier molecular flexibility index (Phi) is 32.8. The summed E-state index contributed by atoms with van der Waals surface area (Å²) in [6.45, 7) is 37.7. The van der Waals surface area contributed by atoms with E-state index in [1.54, 1.807) is 24.3 Å². The Morgan fingerprint density at radius 3 is 1.88 bits per heavy atom. The number of aryl methyl sites for hydroxylation is 1. The van der Waals surface area contributed by atoms with Crippen molar-refractivity contribution in [2.45, 2.75) is 135 Å². The van der Waals surface area contributed by atoms with Crippen LogP contribution in [0, 0.1) is 18.3 Å². The lowest BCUT2D eigenvalue weighted by molar-refractivity contribution is -0.112. The number of likely N-dealkylation sites (tertiary alicyclic amines) is 1. The minimum absolute atomic E-state index is 0.0373. The van der Waals surface area contributed by atoms with Crippen molar-refractivity contribution in [3.63, 3.8) is 0 Å². The second kappa shape index (κ2) is 32.7. The molecule has 292 valence electrons. The number of carbonyl (C=O) groups excluding carboxylic acids is 2. The van der Waals surface area contributed by atoms with Crippen LogP contribution in [0.1, 0.15) is 138 Å². The topological polar surface area (TPSA) is 85.3 Å². The summed E-state index contributed by atoms with van der Waals surface area (Å²) in [4.78, 5) is 28.3. The van der Waals surface area contributed by atoms with E-state index in [1.807, 2.05) is 90.7 Å². The van der Waals surface area contributed by atoms with E-state index in [4.69, 9.17) is 5.41 Å². The third-order valence-electron chi connectivity index (χ3n) is 7.18. The van der Waals surface area contributed by atoms with Crippen LogP contribution in [-0.2, 0) is 4.79 Å². The summed E-state index contributed by atoms with van der Waals surface area (Å²) >= 11 is 0. The third kappa shape index (κ3) is 21.9. The van der Waals surface area contributed by atoms with E-state index in [0.29, 0.717) is 35.8 Å². The fraction of sp³-hybridized carbons (Fsp3) is 0.500. The Morgan fingerprint density at radius 1 is 0.923 bits per heavy atom. The molecule has 6 nitrogen and oxygen atoms in total. The standard InChI is InChI=1S/C35H46N4O2.3C3H8.C2H6/c1-9-28(15-12-25(6)30(11-3)23-36)31-18-20-39(21-19-31)35(41)32-16-13-26(7)33(22-32)38-34(40)29(10-2)17-14-27(8)37-24(4)5;3*1-3-2;1-2/h9-17,22-24,31,36-37H,1,8,18-21H2,2-7H3,(H,38,40);3*3H2,1-2H3;1-2H3/b17-14-,25-12+,28-15+,29-10+,30-11+,36-23?;;;;. The highest BCUT2D eigenvalue weighted by Crippen LogP contribution is 2.28. The molecule has 3 N–H and O–H groups in total. The molecule has 6 heteroatoms. The van der Waals surface area contributed by atoms with Crippen molar-refractivity contribution in [3.8, 4) is 0 Å². The molecule has 2 rings (SSSR count). The van der Waals surface area contributed by atoms with Gasteiger partial charge in [-0.3, -0.25) is 9.59 Å². The maximum atomic E-state index is 13.4. The van der Waals surface area contributed by atoms with Gasteiger partial charge in [-0.2, -0.15) is 0 Å². The molecule has 0 aromatic heterocycles. The van der Waals surface area contributed by atoms with E-state index in [2.05, 4.69) is 71.4 Å². The lowest BCUT2D eigenvalue weighted by Crippen LogP contribution is -2.38. The first kappa shape index (κ1) is 52.2. The lowest BCUT2D eigenvalue weighted by Gasteiger charge is -2.33. The second-order valence-electron chi connectivity index (χ2n) is 12.7. The molecule has 0 atom stereocenters. The zero-order valence-electron chi connectivity index (χ0n) is 35.6. The molecule has 0 spiro atoms. The Morgan fingerprint density at radius 2 is 1.44 bits per heavy atom. The SMILES string of the molecule is C=C\C(=C/C=C(C)/C(C=N)=C/C)C1CCN(C(=O)c2ccc(C)c(NC(=O)C(/C=C\C(=C)NC(C)C)=C/C)c2)CC1.CC.CCC.CCC.CCC. The number of anilines is 1. The molecule has 0 aliphatic carbocycles. The molecule has 1 saturated heterocycles. The van der Waals surface area contributed by atoms with Crippen molar-refractivity contribution >= 4 is 23.7 Å².